The average molecular weight is 563 g/mol. The number of rotatable bonds is 8. The standard InChI is InChI=1S/C27H30O13/c1-35-14-4-2-13(3-5-14)17-10-36-18-8-15(6-7-16(18)20(17)30)38-25-23(22(32)21(31)19(9-28)39-25)40-26-24(33)27(34,11-29)12-37-26/h2-8,10,19,21-26,28-29,31-34H,9,11-12H2,1H3/t19-,21+,22+,23-,24-,25-,26+,27+/m0/s1. The first-order valence-corrected chi connectivity index (χ1v) is 12.5. The molecule has 13 nitrogen and oxygen atoms in total. The van der Waals surface area contributed by atoms with E-state index in [1.54, 1.807) is 31.4 Å². The molecule has 2 aliphatic rings. The van der Waals surface area contributed by atoms with Gasteiger partial charge in [-0.05, 0) is 29.8 Å². The SMILES string of the molecule is COc1ccc(-c2coc3cc(O[C@H]4O[C@@H](CO)[C@@H](O)[C@@H](O)[C@@H]4O[C@H]4OC[C@](O)(CO)[C@H]4O)ccc3c2=O)cc1. The average Bonchev–Trinajstić information content (AvgIpc) is 3.26. The molecule has 40 heavy (non-hydrogen) atoms. The van der Waals surface area contributed by atoms with Crippen LogP contribution in [0.5, 0.6) is 11.5 Å². The summed E-state index contributed by atoms with van der Waals surface area (Å²) >= 11 is 0. The maximum atomic E-state index is 13.2. The highest BCUT2D eigenvalue weighted by molar-refractivity contribution is 5.82. The summed E-state index contributed by atoms with van der Waals surface area (Å²) in [5.74, 6) is 0.772. The fourth-order valence-corrected chi connectivity index (χ4v) is 4.65. The van der Waals surface area contributed by atoms with Gasteiger partial charge in [0.1, 0.15) is 53.4 Å². The molecule has 5 rings (SSSR count). The van der Waals surface area contributed by atoms with Gasteiger partial charge in [0.2, 0.25) is 6.29 Å². The zero-order valence-corrected chi connectivity index (χ0v) is 21.3. The Balaban J connectivity index is 1.40. The minimum absolute atomic E-state index is 0.131. The van der Waals surface area contributed by atoms with Gasteiger partial charge in [-0.25, -0.2) is 0 Å². The number of hydrogen-bond acceptors (Lipinski definition) is 13. The zero-order chi connectivity index (χ0) is 28.6. The van der Waals surface area contributed by atoms with Crippen LogP contribution in [0.2, 0.25) is 0 Å². The van der Waals surface area contributed by atoms with E-state index in [9.17, 15) is 35.4 Å². The van der Waals surface area contributed by atoms with E-state index in [1.807, 2.05) is 0 Å². The summed E-state index contributed by atoms with van der Waals surface area (Å²) in [5.41, 5.74) is -1.10. The van der Waals surface area contributed by atoms with Crippen molar-refractivity contribution < 1.29 is 58.7 Å². The number of ether oxygens (including phenoxy) is 5. The molecule has 6 N–H and O–H groups in total. The summed E-state index contributed by atoms with van der Waals surface area (Å²) in [6, 6.07) is 11.3. The third kappa shape index (κ3) is 5.19. The summed E-state index contributed by atoms with van der Waals surface area (Å²) < 4.78 is 33.3. The molecule has 1 aromatic heterocycles. The van der Waals surface area contributed by atoms with Crippen molar-refractivity contribution >= 4 is 11.0 Å². The van der Waals surface area contributed by atoms with E-state index in [1.165, 1.54) is 24.5 Å². The lowest BCUT2D eigenvalue weighted by atomic mass is 9.98. The second-order valence-electron chi connectivity index (χ2n) is 9.68. The van der Waals surface area contributed by atoms with Crippen LogP contribution in [0, 0.1) is 0 Å². The highest BCUT2D eigenvalue weighted by atomic mass is 16.8. The van der Waals surface area contributed by atoms with Crippen LogP contribution < -0.4 is 14.9 Å². The van der Waals surface area contributed by atoms with Gasteiger partial charge in [0.15, 0.2) is 17.8 Å². The Morgan fingerprint density at radius 2 is 1.73 bits per heavy atom. The van der Waals surface area contributed by atoms with E-state index < -0.39 is 68.5 Å². The zero-order valence-electron chi connectivity index (χ0n) is 21.3. The number of methoxy groups -OCH3 is 1. The number of aliphatic hydroxyl groups is 6. The van der Waals surface area contributed by atoms with E-state index in [0.717, 1.165) is 0 Å². The van der Waals surface area contributed by atoms with E-state index >= 15 is 0 Å². The normalized spacial score (nSPS) is 32.3. The third-order valence-electron chi connectivity index (χ3n) is 7.09. The summed E-state index contributed by atoms with van der Waals surface area (Å²) in [6.45, 7) is -1.91. The highest BCUT2D eigenvalue weighted by Gasteiger charge is 2.53. The molecule has 0 spiro atoms. The summed E-state index contributed by atoms with van der Waals surface area (Å²) in [5, 5.41) is 61.0. The number of fused-ring (bicyclic) bond motifs is 1. The van der Waals surface area contributed by atoms with Gasteiger partial charge in [-0.15, -0.1) is 0 Å². The molecule has 0 bridgehead atoms. The first-order valence-electron chi connectivity index (χ1n) is 12.5. The van der Waals surface area contributed by atoms with Crippen molar-refractivity contribution in [3.05, 3.63) is 59.0 Å². The van der Waals surface area contributed by atoms with Gasteiger partial charge in [-0.1, -0.05) is 12.1 Å². The Morgan fingerprint density at radius 1 is 1.00 bits per heavy atom. The summed E-state index contributed by atoms with van der Waals surface area (Å²) in [6.07, 6.45) is -9.29. The molecular weight excluding hydrogens is 532 g/mol. The van der Waals surface area contributed by atoms with Crippen LogP contribution in [-0.2, 0) is 14.2 Å². The predicted molar refractivity (Wildman–Crippen MR) is 136 cm³/mol. The molecular formula is C27H30O13. The van der Waals surface area contributed by atoms with Crippen molar-refractivity contribution in [2.24, 2.45) is 0 Å². The molecule has 0 aliphatic carbocycles. The number of benzene rings is 2. The molecule has 2 saturated heterocycles. The Labute approximate surface area is 227 Å². The van der Waals surface area contributed by atoms with Crippen molar-refractivity contribution in [2.45, 2.75) is 48.7 Å². The van der Waals surface area contributed by atoms with Crippen molar-refractivity contribution in [1.29, 1.82) is 0 Å². The molecule has 2 fully saturated rings. The first kappa shape index (κ1) is 28.4. The first-order chi connectivity index (χ1) is 19.2. The van der Waals surface area contributed by atoms with Crippen molar-refractivity contribution in [3.63, 3.8) is 0 Å². The molecule has 13 heteroatoms. The van der Waals surface area contributed by atoms with Crippen LogP contribution in [-0.4, -0.2) is 106 Å². The molecule has 8 atom stereocenters. The molecule has 2 aliphatic heterocycles. The molecule has 3 heterocycles. The van der Waals surface area contributed by atoms with Gasteiger partial charge in [0.25, 0.3) is 0 Å². The van der Waals surface area contributed by atoms with Crippen LogP contribution in [0.1, 0.15) is 0 Å². The van der Waals surface area contributed by atoms with Crippen LogP contribution in [0.4, 0.5) is 0 Å². The second-order valence-corrected chi connectivity index (χ2v) is 9.68. The Hall–Kier alpha value is -3.11. The maximum absolute atomic E-state index is 13.2. The largest absolute Gasteiger partial charge is 0.497 e. The van der Waals surface area contributed by atoms with Crippen LogP contribution in [0.25, 0.3) is 22.1 Å². The molecule has 0 radical (unpaired) electrons. The lowest BCUT2D eigenvalue weighted by Crippen LogP contribution is -2.62. The van der Waals surface area contributed by atoms with Gasteiger partial charge in [-0.3, -0.25) is 4.79 Å². The lowest BCUT2D eigenvalue weighted by Gasteiger charge is -2.42. The summed E-state index contributed by atoms with van der Waals surface area (Å²) in [4.78, 5) is 13.2. The summed E-state index contributed by atoms with van der Waals surface area (Å²) in [7, 11) is 1.54. The van der Waals surface area contributed by atoms with E-state index in [0.29, 0.717) is 16.9 Å². The molecule has 2 aromatic carbocycles. The predicted octanol–water partition coefficient (Wildman–Crippen LogP) is -0.888. The van der Waals surface area contributed by atoms with Crippen LogP contribution in [0.15, 0.2) is 57.9 Å². The molecule has 0 unspecified atom stereocenters. The molecule has 0 amide bonds. The monoisotopic (exact) mass is 562 g/mol. The Bertz CT molecular complexity index is 1380. The smallest absolute Gasteiger partial charge is 0.229 e. The molecule has 3 aromatic rings. The highest BCUT2D eigenvalue weighted by Crippen LogP contribution is 2.33. The van der Waals surface area contributed by atoms with Crippen molar-refractivity contribution in [1.82, 2.24) is 0 Å². The van der Waals surface area contributed by atoms with Crippen LogP contribution in [0.3, 0.4) is 0 Å². The van der Waals surface area contributed by atoms with Crippen LogP contribution >= 0.6 is 0 Å². The van der Waals surface area contributed by atoms with Crippen molar-refractivity contribution in [3.8, 4) is 22.6 Å². The topological polar surface area (TPSA) is 198 Å². The molecule has 0 saturated carbocycles. The molecule has 216 valence electrons. The minimum Gasteiger partial charge on any atom is -0.497 e. The van der Waals surface area contributed by atoms with Gasteiger partial charge in [-0.2, -0.15) is 0 Å². The minimum atomic E-state index is -1.99. The fraction of sp³-hybridized carbons (Fsp3) is 0.444. The van der Waals surface area contributed by atoms with E-state index in [2.05, 4.69) is 0 Å². The lowest BCUT2D eigenvalue weighted by molar-refractivity contribution is -0.318. The number of aliphatic hydroxyl groups excluding tert-OH is 5. The van der Waals surface area contributed by atoms with Crippen molar-refractivity contribution in [2.75, 3.05) is 26.9 Å². The van der Waals surface area contributed by atoms with Gasteiger partial charge >= 0.3 is 0 Å². The Kier molecular flexibility index (Phi) is 8.10. The fourth-order valence-electron chi connectivity index (χ4n) is 4.65. The van der Waals surface area contributed by atoms with Gasteiger partial charge in [0.05, 0.1) is 37.9 Å². The third-order valence-corrected chi connectivity index (χ3v) is 7.09. The van der Waals surface area contributed by atoms with Gasteiger partial charge in [0, 0.05) is 6.07 Å². The van der Waals surface area contributed by atoms with Gasteiger partial charge < -0.3 is 58.7 Å². The number of hydrogen-bond donors (Lipinski definition) is 6. The maximum Gasteiger partial charge on any atom is 0.229 e. The van der Waals surface area contributed by atoms with E-state index in [4.69, 9.17) is 28.1 Å². The quantitative estimate of drug-likeness (QED) is 0.198. The van der Waals surface area contributed by atoms with E-state index in [-0.39, 0.29) is 22.1 Å². The Morgan fingerprint density at radius 3 is 2.38 bits per heavy atom. The second kappa shape index (κ2) is 11.4.